The number of sulfone groups is 1. The van der Waals surface area contributed by atoms with Gasteiger partial charge in [0.15, 0.2) is 4.91 Å². The van der Waals surface area contributed by atoms with Gasteiger partial charge in [0, 0.05) is 11.9 Å². The van der Waals surface area contributed by atoms with Crippen LogP contribution < -0.4 is 4.90 Å². The third-order valence-electron chi connectivity index (χ3n) is 3.67. The highest BCUT2D eigenvalue weighted by atomic mass is 32.2. The van der Waals surface area contributed by atoms with Crippen LogP contribution in [0.1, 0.15) is 11.1 Å². The molecule has 5 heteroatoms. The molecule has 2 aromatic carbocycles. The summed E-state index contributed by atoms with van der Waals surface area (Å²) in [5, 5.41) is 9.21. The second-order valence-electron chi connectivity index (χ2n) is 5.24. The molecule has 0 radical (unpaired) electrons. The molecule has 0 saturated heterocycles. The quantitative estimate of drug-likeness (QED) is 0.807. The zero-order chi connectivity index (χ0) is 15.9. The van der Waals surface area contributed by atoms with E-state index in [0.29, 0.717) is 5.69 Å². The van der Waals surface area contributed by atoms with Crippen LogP contribution in [0.5, 0.6) is 0 Å². The lowest BCUT2D eigenvalue weighted by atomic mass is 10.1. The Kier molecular flexibility index (Phi) is 3.27. The lowest BCUT2D eigenvalue weighted by Crippen LogP contribution is -2.21. The van der Waals surface area contributed by atoms with Crippen molar-refractivity contribution in [1.29, 1.82) is 5.26 Å². The molecule has 110 valence electrons. The Morgan fingerprint density at radius 2 is 1.77 bits per heavy atom. The van der Waals surface area contributed by atoms with Gasteiger partial charge in [0.1, 0.15) is 6.07 Å². The zero-order valence-corrected chi connectivity index (χ0v) is 13.1. The first-order valence-electron chi connectivity index (χ1n) is 6.77. The lowest BCUT2D eigenvalue weighted by molar-refractivity contribution is 0.602. The van der Waals surface area contributed by atoms with Crippen molar-refractivity contribution in [2.24, 2.45) is 0 Å². The fraction of sp³-hybridized carbons (Fsp3) is 0.118. The molecule has 0 amide bonds. The number of allylic oxidation sites excluding steroid dienone is 1. The van der Waals surface area contributed by atoms with Gasteiger partial charge in [-0.15, -0.1) is 0 Å². The molecule has 0 N–H and O–H groups in total. The maximum Gasteiger partial charge on any atom is 0.220 e. The third-order valence-corrected chi connectivity index (χ3v) is 5.37. The number of aryl methyl sites for hydroxylation is 2. The molecule has 0 atom stereocenters. The van der Waals surface area contributed by atoms with Gasteiger partial charge in [-0.1, -0.05) is 29.8 Å². The molecular formula is C17H14N2O2S. The normalized spacial score (nSPS) is 15.7. The first kappa shape index (κ1) is 14.4. The minimum atomic E-state index is -3.74. The number of hydrogen-bond donors (Lipinski definition) is 0. The number of anilines is 2. The van der Waals surface area contributed by atoms with Gasteiger partial charge in [-0.2, -0.15) is 5.26 Å². The van der Waals surface area contributed by atoms with E-state index in [1.54, 1.807) is 29.2 Å². The van der Waals surface area contributed by atoms with Crippen LogP contribution in [-0.2, 0) is 9.84 Å². The smallest absolute Gasteiger partial charge is 0.220 e. The van der Waals surface area contributed by atoms with Gasteiger partial charge < -0.3 is 4.90 Å². The minimum Gasteiger partial charge on any atom is -0.314 e. The van der Waals surface area contributed by atoms with E-state index >= 15 is 0 Å². The van der Waals surface area contributed by atoms with Crippen LogP contribution >= 0.6 is 0 Å². The van der Waals surface area contributed by atoms with Crippen LogP contribution in [0, 0.1) is 25.2 Å². The molecule has 2 aromatic rings. The topological polar surface area (TPSA) is 61.2 Å². The van der Waals surface area contributed by atoms with Crippen LogP contribution in [0.15, 0.2) is 58.5 Å². The Labute approximate surface area is 129 Å². The van der Waals surface area contributed by atoms with Gasteiger partial charge in [-0.3, -0.25) is 0 Å². The summed E-state index contributed by atoms with van der Waals surface area (Å²) in [5.74, 6) is 0. The molecule has 0 saturated carbocycles. The summed E-state index contributed by atoms with van der Waals surface area (Å²) in [4.78, 5) is 1.68. The van der Waals surface area contributed by atoms with Gasteiger partial charge in [0.05, 0.1) is 10.6 Å². The van der Waals surface area contributed by atoms with E-state index in [1.807, 2.05) is 32.0 Å². The summed E-state index contributed by atoms with van der Waals surface area (Å²) in [6, 6.07) is 14.5. The molecule has 4 nitrogen and oxygen atoms in total. The van der Waals surface area contributed by atoms with E-state index in [4.69, 9.17) is 0 Å². The van der Waals surface area contributed by atoms with Crippen molar-refractivity contribution < 1.29 is 8.42 Å². The Balaban J connectivity index is 2.31. The highest BCUT2D eigenvalue weighted by Gasteiger charge is 2.32. The van der Waals surface area contributed by atoms with Crippen molar-refractivity contribution in [2.45, 2.75) is 18.7 Å². The molecule has 0 fully saturated rings. The standard InChI is InChI=1S/C17H14N2O2S/c1-12-7-8-15(13(2)9-12)19-11-14(10-18)22(20,21)17-6-4-3-5-16(17)19/h3-9,11H,1-2H3. The van der Waals surface area contributed by atoms with E-state index in [-0.39, 0.29) is 9.80 Å². The highest BCUT2D eigenvalue weighted by Crippen LogP contribution is 2.40. The van der Waals surface area contributed by atoms with E-state index in [9.17, 15) is 13.7 Å². The lowest BCUT2D eigenvalue weighted by Gasteiger charge is -2.28. The van der Waals surface area contributed by atoms with Crippen molar-refractivity contribution in [1.82, 2.24) is 0 Å². The zero-order valence-electron chi connectivity index (χ0n) is 12.2. The van der Waals surface area contributed by atoms with E-state index < -0.39 is 9.84 Å². The number of benzene rings is 2. The predicted molar refractivity (Wildman–Crippen MR) is 85.4 cm³/mol. The van der Waals surface area contributed by atoms with Gasteiger partial charge in [0.2, 0.25) is 9.84 Å². The van der Waals surface area contributed by atoms with Crippen molar-refractivity contribution in [2.75, 3.05) is 4.90 Å². The van der Waals surface area contributed by atoms with Crippen LogP contribution in [0.25, 0.3) is 0 Å². The highest BCUT2D eigenvalue weighted by molar-refractivity contribution is 7.95. The van der Waals surface area contributed by atoms with Crippen LogP contribution in [0.4, 0.5) is 11.4 Å². The number of para-hydroxylation sites is 1. The SMILES string of the molecule is Cc1ccc(N2C=C(C#N)S(=O)(=O)c3ccccc32)c(C)c1. The summed E-state index contributed by atoms with van der Waals surface area (Å²) in [6.45, 7) is 3.97. The summed E-state index contributed by atoms with van der Waals surface area (Å²) in [6.07, 6.45) is 1.40. The maximum atomic E-state index is 12.4. The summed E-state index contributed by atoms with van der Waals surface area (Å²) < 4.78 is 24.9. The summed E-state index contributed by atoms with van der Waals surface area (Å²) in [5.41, 5.74) is 3.57. The van der Waals surface area contributed by atoms with Gasteiger partial charge in [0.25, 0.3) is 0 Å². The van der Waals surface area contributed by atoms with E-state index in [0.717, 1.165) is 16.8 Å². The molecule has 22 heavy (non-hydrogen) atoms. The Bertz CT molecular complexity index is 937. The molecule has 0 aliphatic carbocycles. The fourth-order valence-corrected chi connectivity index (χ4v) is 3.92. The Morgan fingerprint density at radius 1 is 1.05 bits per heavy atom. The van der Waals surface area contributed by atoms with Crippen molar-refractivity contribution in [3.05, 3.63) is 64.7 Å². The fourth-order valence-electron chi connectivity index (χ4n) is 2.62. The second-order valence-corrected chi connectivity index (χ2v) is 7.12. The maximum absolute atomic E-state index is 12.4. The number of nitrogens with zero attached hydrogens (tertiary/aromatic N) is 2. The minimum absolute atomic E-state index is 0.161. The Morgan fingerprint density at radius 3 is 2.45 bits per heavy atom. The third kappa shape index (κ3) is 2.09. The molecule has 1 aliphatic rings. The average Bonchev–Trinajstić information content (AvgIpc) is 2.49. The molecule has 0 spiro atoms. The van der Waals surface area contributed by atoms with Crippen LogP contribution in [-0.4, -0.2) is 8.42 Å². The van der Waals surface area contributed by atoms with Gasteiger partial charge in [-0.05, 0) is 37.6 Å². The molecule has 0 aromatic heterocycles. The number of fused-ring (bicyclic) bond motifs is 1. The van der Waals surface area contributed by atoms with Crippen LogP contribution in [0.2, 0.25) is 0 Å². The van der Waals surface area contributed by atoms with Crippen molar-refractivity contribution in [3.8, 4) is 6.07 Å². The van der Waals surface area contributed by atoms with E-state index in [2.05, 4.69) is 0 Å². The summed E-state index contributed by atoms with van der Waals surface area (Å²) >= 11 is 0. The largest absolute Gasteiger partial charge is 0.314 e. The number of nitriles is 1. The van der Waals surface area contributed by atoms with Crippen LogP contribution in [0.3, 0.4) is 0 Å². The first-order valence-corrected chi connectivity index (χ1v) is 8.26. The molecule has 1 heterocycles. The van der Waals surface area contributed by atoms with Gasteiger partial charge in [-0.25, -0.2) is 8.42 Å². The Hall–Kier alpha value is -2.58. The first-order chi connectivity index (χ1) is 10.4. The molecule has 1 aliphatic heterocycles. The average molecular weight is 310 g/mol. The van der Waals surface area contributed by atoms with E-state index in [1.165, 1.54) is 12.3 Å². The molecule has 0 unspecified atom stereocenters. The second kappa shape index (κ2) is 5.00. The molecular weight excluding hydrogens is 296 g/mol. The number of rotatable bonds is 1. The monoisotopic (exact) mass is 310 g/mol. The molecule has 0 bridgehead atoms. The van der Waals surface area contributed by atoms with Crippen molar-refractivity contribution >= 4 is 21.2 Å². The van der Waals surface area contributed by atoms with Crippen molar-refractivity contribution in [3.63, 3.8) is 0 Å². The number of hydrogen-bond acceptors (Lipinski definition) is 4. The summed E-state index contributed by atoms with van der Waals surface area (Å²) in [7, 11) is -3.74. The molecule has 3 rings (SSSR count). The van der Waals surface area contributed by atoms with Gasteiger partial charge >= 0.3 is 0 Å². The predicted octanol–water partition coefficient (Wildman–Crippen LogP) is 3.59.